The molecular formula is C32H26F10N2O2. The van der Waals surface area contributed by atoms with Gasteiger partial charge in [-0.2, -0.15) is 0 Å². The Balaban J connectivity index is 1.53. The topological polar surface area (TPSA) is 46.9 Å². The molecular weight excluding hydrogens is 634 g/mol. The van der Waals surface area contributed by atoms with Crippen LogP contribution in [0.2, 0.25) is 0 Å². The number of benzene rings is 4. The molecule has 0 atom stereocenters. The number of phenolic OH excluding ortho intramolecular Hbond substituents is 2. The van der Waals surface area contributed by atoms with Gasteiger partial charge in [0.1, 0.15) is 11.5 Å². The Bertz CT molecular complexity index is 1660. The van der Waals surface area contributed by atoms with Gasteiger partial charge in [0.2, 0.25) is 11.6 Å². The Hall–Kier alpha value is -4.30. The van der Waals surface area contributed by atoms with Crippen molar-refractivity contribution >= 4 is 0 Å². The third-order valence-electron chi connectivity index (χ3n) is 7.37. The van der Waals surface area contributed by atoms with E-state index in [1.54, 1.807) is 23.9 Å². The molecule has 0 saturated carbocycles. The molecule has 14 heteroatoms. The van der Waals surface area contributed by atoms with Crippen molar-refractivity contribution in [3.63, 3.8) is 0 Å². The minimum Gasteiger partial charge on any atom is -0.507 e. The fourth-order valence-corrected chi connectivity index (χ4v) is 5.09. The predicted octanol–water partition coefficient (Wildman–Crippen LogP) is 8.00. The molecule has 0 saturated heterocycles. The first-order valence-electron chi connectivity index (χ1n) is 13.5. The minimum atomic E-state index is -2.33. The number of rotatable bonds is 9. The highest BCUT2D eigenvalue weighted by atomic mass is 19.2. The summed E-state index contributed by atoms with van der Waals surface area (Å²) in [5, 5.41) is 21.6. The molecule has 4 aromatic carbocycles. The summed E-state index contributed by atoms with van der Waals surface area (Å²) in [5.74, 6) is -23.1. The molecule has 4 rings (SSSR count). The van der Waals surface area contributed by atoms with Crippen LogP contribution in [0.1, 0.15) is 22.3 Å². The van der Waals surface area contributed by atoms with E-state index in [-0.39, 0.29) is 37.3 Å². The summed E-state index contributed by atoms with van der Waals surface area (Å²) >= 11 is 0. The second kappa shape index (κ2) is 13.2. The van der Waals surface area contributed by atoms with E-state index in [2.05, 4.69) is 0 Å². The highest BCUT2D eigenvalue weighted by Crippen LogP contribution is 2.41. The van der Waals surface area contributed by atoms with Crippen molar-refractivity contribution in [2.45, 2.75) is 26.9 Å². The number of aromatic hydroxyl groups is 2. The van der Waals surface area contributed by atoms with Crippen LogP contribution < -0.4 is 0 Å². The zero-order valence-electron chi connectivity index (χ0n) is 24.7. The quantitative estimate of drug-likeness (QED) is 0.109. The molecule has 0 heterocycles. The average Bonchev–Trinajstić information content (AvgIpc) is 3.00. The van der Waals surface area contributed by atoms with Crippen molar-refractivity contribution in [1.29, 1.82) is 0 Å². The molecule has 0 fully saturated rings. The van der Waals surface area contributed by atoms with E-state index in [9.17, 15) is 54.1 Å². The van der Waals surface area contributed by atoms with E-state index in [1.165, 1.54) is 26.0 Å². The standard InChI is InChI=1S/C32H26F10N2O2/c1-13-7-15(31(45)17(9-13)19-21(33)25(37)29(41)26(38)22(19)34)11-43(3)5-6-44(4)12-16-8-14(2)10-18(32(16)46)20-23(35)27(39)30(42)28(40)24(20)36/h7-10,45-46H,5-6,11-12H2,1-4H3. The van der Waals surface area contributed by atoms with Gasteiger partial charge < -0.3 is 20.0 Å². The van der Waals surface area contributed by atoms with Crippen molar-refractivity contribution in [3.8, 4) is 33.8 Å². The number of nitrogens with zero attached hydrogens (tertiary/aromatic N) is 2. The van der Waals surface area contributed by atoms with E-state index in [0.29, 0.717) is 11.1 Å². The van der Waals surface area contributed by atoms with E-state index in [4.69, 9.17) is 0 Å². The molecule has 0 aliphatic heterocycles. The summed E-state index contributed by atoms with van der Waals surface area (Å²) in [6.07, 6.45) is 0. The van der Waals surface area contributed by atoms with Gasteiger partial charge in [-0.3, -0.25) is 0 Å². The lowest BCUT2D eigenvalue weighted by molar-refractivity contribution is 0.243. The van der Waals surface area contributed by atoms with Crippen LogP contribution in [0.3, 0.4) is 0 Å². The maximum Gasteiger partial charge on any atom is 0.200 e. The SMILES string of the molecule is Cc1cc(CN(C)CCN(C)Cc2cc(C)cc(-c3c(F)c(F)c(F)c(F)c3F)c2O)c(O)c(-c2c(F)c(F)c(F)c(F)c2F)c1. The lowest BCUT2D eigenvalue weighted by Gasteiger charge is -2.24. The van der Waals surface area contributed by atoms with Crippen LogP contribution in [0, 0.1) is 72.0 Å². The Morgan fingerprint density at radius 1 is 0.457 bits per heavy atom. The molecule has 0 spiro atoms. The van der Waals surface area contributed by atoms with Crippen LogP contribution in [0.15, 0.2) is 24.3 Å². The van der Waals surface area contributed by atoms with E-state index < -0.39 is 91.9 Å². The largest absolute Gasteiger partial charge is 0.507 e. The molecule has 4 aromatic rings. The summed E-state index contributed by atoms with van der Waals surface area (Å²) in [7, 11) is 3.22. The molecule has 0 aromatic heterocycles. The molecule has 0 radical (unpaired) electrons. The fraction of sp³-hybridized carbons (Fsp3) is 0.250. The summed E-state index contributed by atoms with van der Waals surface area (Å²) < 4.78 is 141. The van der Waals surface area contributed by atoms with Gasteiger partial charge in [-0.05, 0) is 51.2 Å². The van der Waals surface area contributed by atoms with E-state index >= 15 is 0 Å². The Kier molecular flexibility index (Phi) is 9.92. The van der Waals surface area contributed by atoms with Crippen molar-refractivity contribution in [1.82, 2.24) is 9.80 Å². The third kappa shape index (κ3) is 6.36. The maximum atomic E-state index is 14.5. The van der Waals surface area contributed by atoms with Crippen molar-refractivity contribution in [2.75, 3.05) is 27.2 Å². The predicted molar refractivity (Wildman–Crippen MR) is 149 cm³/mol. The Labute approximate surface area is 256 Å². The maximum absolute atomic E-state index is 14.5. The van der Waals surface area contributed by atoms with Crippen LogP contribution >= 0.6 is 0 Å². The summed E-state index contributed by atoms with van der Waals surface area (Å²) in [6, 6.07) is 5.10. The summed E-state index contributed by atoms with van der Waals surface area (Å²) in [4.78, 5) is 3.31. The van der Waals surface area contributed by atoms with Gasteiger partial charge >= 0.3 is 0 Å². The molecule has 2 N–H and O–H groups in total. The minimum absolute atomic E-state index is 0.0379. The monoisotopic (exact) mass is 660 g/mol. The number of hydrogen-bond donors (Lipinski definition) is 2. The lowest BCUT2D eigenvalue weighted by Crippen LogP contribution is -2.30. The Morgan fingerprint density at radius 3 is 1.00 bits per heavy atom. The number of hydrogen-bond acceptors (Lipinski definition) is 4. The van der Waals surface area contributed by atoms with Gasteiger partial charge in [0.25, 0.3) is 0 Å². The van der Waals surface area contributed by atoms with Crippen LogP contribution in [0.5, 0.6) is 11.5 Å². The zero-order valence-corrected chi connectivity index (χ0v) is 24.7. The second-order valence-electron chi connectivity index (χ2n) is 11.0. The van der Waals surface area contributed by atoms with E-state index in [1.807, 2.05) is 0 Å². The van der Waals surface area contributed by atoms with Crippen molar-refractivity contribution < 1.29 is 54.1 Å². The summed E-state index contributed by atoms with van der Waals surface area (Å²) in [6.45, 7) is 3.42. The highest BCUT2D eigenvalue weighted by molar-refractivity contribution is 5.75. The van der Waals surface area contributed by atoms with Crippen molar-refractivity contribution in [3.05, 3.63) is 105 Å². The number of likely N-dealkylation sites (N-methyl/N-ethyl adjacent to an activating group) is 2. The first-order valence-corrected chi connectivity index (χ1v) is 13.5. The smallest absolute Gasteiger partial charge is 0.200 e. The highest BCUT2D eigenvalue weighted by Gasteiger charge is 2.30. The number of phenols is 2. The molecule has 46 heavy (non-hydrogen) atoms. The molecule has 246 valence electrons. The normalized spacial score (nSPS) is 11.7. The zero-order chi connectivity index (χ0) is 34.4. The number of aryl methyl sites for hydroxylation is 2. The first kappa shape index (κ1) is 34.6. The van der Waals surface area contributed by atoms with Crippen molar-refractivity contribution in [2.24, 2.45) is 0 Å². The molecule has 0 aliphatic rings. The van der Waals surface area contributed by atoms with E-state index in [0.717, 1.165) is 12.1 Å². The molecule has 0 aliphatic carbocycles. The van der Waals surface area contributed by atoms with Crippen LogP contribution in [0.4, 0.5) is 43.9 Å². The van der Waals surface area contributed by atoms with Gasteiger partial charge in [0.15, 0.2) is 46.5 Å². The first-order chi connectivity index (χ1) is 21.5. The fourth-order valence-electron chi connectivity index (χ4n) is 5.09. The van der Waals surface area contributed by atoms with Gasteiger partial charge in [0, 0.05) is 48.4 Å². The molecule has 0 bridgehead atoms. The molecule has 0 unspecified atom stereocenters. The van der Waals surface area contributed by atoms with Crippen LogP contribution in [-0.4, -0.2) is 47.2 Å². The van der Waals surface area contributed by atoms with Gasteiger partial charge in [-0.15, -0.1) is 0 Å². The number of halogens is 10. The molecule has 4 nitrogen and oxygen atoms in total. The lowest BCUT2D eigenvalue weighted by atomic mass is 9.96. The van der Waals surface area contributed by atoms with Gasteiger partial charge in [-0.25, -0.2) is 43.9 Å². The second-order valence-corrected chi connectivity index (χ2v) is 11.0. The van der Waals surface area contributed by atoms with Crippen LogP contribution in [0.25, 0.3) is 22.3 Å². The summed E-state index contributed by atoms with van der Waals surface area (Å²) in [5.41, 5.74) is -2.77. The Morgan fingerprint density at radius 2 is 0.717 bits per heavy atom. The van der Waals surface area contributed by atoms with Crippen LogP contribution in [-0.2, 0) is 13.1 Å². The third-order valence-corrected chi connectivity index (χ3v) is 7.37. The van der Waals surface area contributed by atoms with Gasteiger partial charge in [0.05, 0.1) is 11.1 Å². The average molecular weight is 661 g/mol. The van der Waals surface area contributed by atoms with Gasteiger partial charge in [-0.1, -0.05) is 12.1 Å². The molecule has 0 amide bonds.